The number of halogens is 1. The van der Waals surface area contributed by atoms with Crippen LogP contribution in [0.25, 0.3) is 0 Å². The highest BCUT2D eigenvalue weighted by atomic mass is 35.5. The van der Waals surface area contributed by atoms with E-state index in [2.05, 4.69) is 24.5 Å². The van der Waals surface area contributed by atoms with E-state index in [4.69, 9.17) is 22.2 Å². The van der Waals surface area contributed by atoms with Gasteiger partial charge in [0.2, 0.25) is 0 Å². The molecule has 0 fully saturated rings. The molecule has 2 rings (SSSR count). The number of nitrogens with two attached hydrogens (primary N) is 1. The lowest BCUT2D eigenvalue weighted by molar-refractivity contribution is 0.414. The molecule has 0 radical (unpaired) electrons. The molecular formula is C14H17ClN2OS. The van der Waals surface area contributed by atoms with Crippen LogP contribution in [-0.4, -0.2) is 7.11 Å². The third kappa shape index (κ3) is 3.09. The molecule has 0 aliphatic heterocycles. The van der Waals surface area contributed by atoms with Crippen LogP contribution in [0, 0.1) is 0 Å². The number of methoxy groups -OCH3 is 1. The summed E-state index contributed by atoms with van der Waals surface area (Å²) in [5.41, 5.74) is 3.89. The number of nitrogens with one attached hydrogen (secondary N) is 1. The summed E-state index contributed by atoms with van der Waals surface area (Å²) in [7, 11) is 1.61. The Labute approximate surface area is 122 Å². The molecule has 0 saturated heterocycles. The SMILES string of the molecule is CCc1ccc(C(NN)c2ccc(Cl)c(OC)c2)s1. The van der Waals surface area contributed by atoms with Gasteiger partial charge in [-0.2, -0.15) is 0 Å². The normalized spacial score (nSPS) is 12.4. The quantitative estimate of drug-likeness (QED) is 0.655. The van der Waals surface area contributed by atoms with Crippen LogP contribution in [0.5, 0.6) is 5.75 Å². The zero-order valence-electron chi connectivity index (χ0n) is 10.9. The average Bonchev–Trinajstić information content (AvgIpc) is 2.90. The molecule has 3 N–H and O–H groups in total. The molecule has 1 aromatic heterocycles. The maximum absolute atomic E-state index is 6.04. The summed E-state index contributed by atoms with van der Waals surface area (Å²) in [6, 6.07) is 9.90. The fourth-order valence-electron chi connectivity index (χ4n) is 1.94. The third-order valence-electron chi connectivity index (χ3n) is 2.99. The van der Waals surface area contributed by atoms with E-state index in [-0.39, 0.29) is 6.04 Å². The minimum absolute atomic E-state index is 0.0449. The van der Waals surface area contributed by atoms with Gasteiger partial charge in [0.1, 0.15) is 5.75 Å². The monoisotopic (exact) mass is 296 g/mol. The van der Waals surface area contributed by atoms with Crippen molar-refractivity contribution in [3.05, 3.63) is 50.7 Å². The zero-order chi connectivity index (χ0) is 13.8. The number of rotatable bonds is 5. The average molecular weight is 297 g/mol. The van der Waals surface area contributed by atoms with Crippen LogP contribution in [0.3, 0.4) is 0 Å². The van der Waals surface area contributed by atoms with Crippen LogP contribution < -0.4 is 16.0 Å². The first-order valence-corrected chi connectivity index (χ1v) is 7.27. The first kappa shape index (κ1) is 14.3. The second-order valence-corrected chi connectivity index (χ2v) is 5.76. The van der Waals surface area contributed by atoms with E-state index in [9.17, 15) is 0 Å². The van der Waals surface area contributed by atoms with Gasteiger partial charge in [0.05, 0.1) is 18.2 Å². The third-order valence-corrected chi connectivity index (χ3v) is 4.60. The van der Waals surface area contributed by atoms with Crippen molar-refractivity contribution in [3.8, 4) is 5.75 Å². The van der Waals surface area contributed by atoms with Gasteiger partial charge in [-0.3, -0.25) is 5.84 Å². The van der Waals surface area contributed by atoms with Crippen LogP contribution in [0.2, 0.25) is 5.02 Å². The van der Waals surface area contributed by atoms with Crippen molar-refractivity contribution in [1.29, 1.82) is 0 Å². The molecule has 102 valence electrons. The molecule has 19 heavy (non-hydrogen) atoms. The lowest BCUT2D eigenvalue weighted by Gasteiger charge is -2.16. The van der Waals surface area contributed by atoms with Gasteiger partial charge in [-0.15, -0.1) is 11.3 Å². The van der Waals surface area contributed by atoms with E-state index < -0.39 is 0 Å². The van der Waals surface area contributed by atoms with Crippen LogP contribution >= 0.6 is 22.9 Å². The Kier molecular flexibility index (Phi) is 4.82. The molecule has 3 nitrogen and oxygen atoms in total. The van der Waals surface area contributed by atoms with Gasteiger partial charge >= 0.3 is 0 Å². The summed E-state index contributed by atoms with van der Waals surface area (Å²) in [6.07, 6.45) is 1.03. The van der Waals surface area contributed by atoms with Crippen LogP contribution in [0.4, 0.5) is 0 Å². The van der Waals surface area contributed by atoms with Gasteiger partial charge in [-0.25, -0.2) is 5.43 Å². The highest BCUT2D eigenvalue weighted by molar-refractivity contribution is 7.12. The summed E-state index contributed by atoms with van der Waals surface area (Å²) in [6.45, 7) is 2.14. The maximum atomic E-state index is 6.04. The Bertz CT molecular complexity index is 556. The number of hydrogen-bond acceptors (Lipinski definition) is 4. The first-order chi connectivity index (χ1) is 9.19. The van der Waals surface area contributed by atoms with E-state index in [0.29, 0.717) is 10.8 Å². The molecule has 2 aromatic rings. The minimum Gasteiger partial charge on any atom is -0.495 e. The first-order valence-electron chi connectivity index (χ1n) is 6.07. The number of ether oxygens (including phenoxy) is 1. The smallest absolute Gasteiger partial charge is 0.137 e. The second-order valence-electron chi connectivity index (χ2n) is 4.15. The van der Waals surface area contributed by atoms with Crippen molar-refractivity contribution in [1.82, 2.24) is 5.43 Å². The Hall–Kier alpha value is -1.07. The lowest BCUT2D eigenvalue weighted by Crippen LogP contribution is -2.28. The Morgan fingerprint density at radius 2 is 2.16 bits per heavy atom. The summed E-state index contributed by atoms with van der Waals surface area (Å²) in [4.78, 5) is 2.53. The van der Waals surface area contributed by atoms with Gasteiger partial charge in [0.25, 0.3) is 0 Å². The Morgan fingerprint density at radius 3 is 2.74 bits per heavy atom. The van der Waals surface area contributed by atoms with Crippen molar-refractivity contribution >= 4 is 22.9 Å². The van der Waals surface area contributed by atoms with Gasteiger partial charge in [-0.05, 0) is 36.2 Å². The summed E-state index contributed by atoms with van der Waals surface area (Å²) in [5.74, 6) is 6.36. The van der Waals surface area contributed by atoms with E-state index >= 15 is 0 Å². The topological polar surface area (TPSA) is 47.3 Å². The predicted molar refractivity (Wildman–Crippen MR) is 80.9 cm³/mol. The highest BCUT2D eigenvalue weighted by Crippen LogP contribution is 2.32. The lowest BCUT2D eigenvalue weighted by atomic mass is 10.1. The van der Waals surface area contributed by atoms with E-state index in [0.717, 1.165) is 12.0 Å². The zero-order valence-corrected chi connectivity index (χ0v) is 12.5. The Morgan fingerprint density at radius 1 is 1.37 bits per heavy atom. The molecule has 5 heteroatoms. The van der Waals surface area contributed by atoms with E-state index in [1.807, 2.05) is 18.2 Å². The molecule has 0 spiro atoms. The predicted octanol–water partition coefficient (Wildman–Crippen LogP) is 3.53. The molecule has 0 amide bonds. The van der Waals surface area contributed by atoms with Gasteiger partial charge in [0, 0.05) is 9.75 Å². The molecule has 0 bridgehead atoms. The largest absolute Gasteiger partial charge is 0.495 e. The van der Waals surface area contributed by atoms with Crippen molar-refractivity contribution < 1.29 is 4.74 Å². The number of hydrazine groups is 1. The van der Waals surface area contributed by atoms with E-state index in [1.54, 1.807) is 18.4 Å². The van der Waals surface area contributed by atoms with Crippen LogP contribution in [0.1, 0.15) is 28.3 Å². The summed E-state index contributed by atoms with van der Waals surface area (Å²) in [5, 5.41) is 0.599. The second kappa shape index (κ2) is 6.39. The summed E-state index contributed by atoms with van der Waals surface area (Å²) < 4.78 is 5.25. The molecule has 0 saturated carbocycles. The van der Waals surface area contributed by atoms with Gasteiger partial charge < -0.3 is 4.74 Å². The summed E-state index contributed by atoms with van der Waals surface area (Å²) >= 11 is 7.80. The number of thiophene rings is 1. The fraction of sp³-hybridized carbons (Fsp3) is 0.286. The van der Waals surface area contributed by atoms with Crippen molar-refractivity contribution in [2.75, 3.05) is 7.11 Å². The molecular weight excluding hydrogens is 280 g/mol. The molecule has 0 aliphatic carbocycles. The molecule has 1 heterocycles. The van der Waals surface area contributed by atoms with Crippen molar-refractivity contribution in [2.45, 2.75) is 19.4 Å². The molecule has 1 aromatic carbocycles. The van der Waals surface area contributed by atoms with Gasteiger partial charge in [0.15, 0.2) is 0 Å². The number of benzene rings is 1. The van der Waals surface area contributed by atoms with Crippen molar-refractivity contribution in [2.24, 2.45) is 5.84 Å². The maximum Gasteiger partial charge on any atom is 0.137 e. The highest BCUT2D eigenvalue weighted by Gasteiger charge is 2.16. The molecule has 1 unspecified atom stereocenters. The Balaban J connectivity index is 2.36. The number of hydrogen-bond donors (Lipinski definition) is 2. The van der Waals surface area contributed by atoms with Gasteiger partial charge in [-0.1, -0.05) is 24.6 Å². The fourth-order valence-corrected chi connectivity index (χ4v) is 3.17. The van der Waals surface area contributed by atoms with Crippen LogP contribution in [0.15, 0.2) is 30.3 Å². The molecule has 0 aliphatic rings. The standard InChI is InChI=1S/C14H17ClN2OS/c1-3-10-5-7-13(19-10)14(17-16)9-4-6-11(15)12(8-9)18-2/h4-8,14,17H,3,16H2,1-2H3. The molecule has 1 atom stereocenters. The van der Waals surface area contributed by atoms with Crippen LogP contribution in [-0.2, 0) is 6.42 Å². The number of aryl methyl sites for hydroxylation is 1. The van der Waals surface area contributed by atoms with E-state index in [1.165, 1.54) is 9.75 Å². The minimum atomic E-state index is -0.0449. The van der Waals surface area contributed by atoms with Crippen molar-refractivity contribution in [3.63, 3.8) is 0 Å².